The van der Waals surface area contributed by atoms with Crippen LogP contribution in [-0.4, -0.2) is 23.8 Å². The van der Waals surface area contributed by atoms with E-state index in [1.165, 1.54) is 0 Å². The Labute approximate surface area is 95.0 Å². The van der Waals surface area contributed by atoms with Crippen LogP contribution < -0.4 is 5.73 Å². The van der Waals surface area contributed by atoms with Crippen LogP contribution in [0.25, 0.3) is 0 Å². The first kappa shape index (κ1) is 12.5. The van der Waals surface area contributed by atoms with Crippen LogP contribution in [0.3, 0.4) is 0 Å². The van der Waals surface area contributed by atoms with Crippen LogP contribution >= 0.6 is 0 Å². The summed E-state index contributed by atoms with van der Waals surface area (Å²) >= 11 is 0. The summed E-state index contributed by atoms with van der Waals surface area (Å²) < 4.78 is 5.00. The maximum absolute atomic E-state index is 11.5. The van der Waals surface area contributed by atoms with Crippen molar-refractivity contribution in [2.75, 3.05) is 12.3 Å². The summed E-state index contributed by atoms with van der Waals surface area (Å²) in [6.07, 6.45) is 0.732. The van der Waals surface area contributed by atoms with Gasteiger partial charge in [0.05, 0.1) is 18.3 Å². The zero-order chi connectivity index (χ0) is 12.0. The second-order valence-corrected chi connectivity index (χ2v) is 3.61. The molecule has 0 aliphatic carbocycles. The molecule has 1 rings (SSSR count). The maximum atomic E-state index is 11.5. The van der Waals surface area contributed by atoms with Gasteiger partial charge in [-0.1, -0.05) is 6.92 Å². The van der Waals surface area contributed by atoms with Gasteiger partial charge in [0.15, 0.2) is 0 Å². The Balaban J connectivity index is 2.38. The predicted molar refractivity (Wildman–Crippen MR) is 62.1 cm³/mol. The SMILES string of the molecule is CCC(O)CCOC(=O)c1ccc(N)cc1. The van der Waals surface area contributed by atoms with E-state index in [0.29, 0.717) is 24.1 Å². The van der Waals surface area contributed by atoms with E-state index in [2.05, 4.69) is 0 Å². The molecule has 0 heterocycles. The number of nitrogens with two attached hydrogens (primary N) is 1. The molecule has 0 saturated carbocycles. The second-order valence-electron chi connectivity index (χ2n) is 3.61. The Morgan fingerprint density at radius 2 is 2.06 bits per heavy atom. The summed E-state index contributed by atoms with van der Waals surface area (Å²) in [5, 5.41) is 9.27. The molecular formula is C12H17NO3. The molecule has 1 atom stereocenters. The van der Waals surface area contributed by atoms with Crippen molar-refractivity contribution in [3.63, 3.8) is 0 Å². The van der Waals surface area contributed by atoms with E-state index in [-0.39, 0.29) is 12.6 Å². The van der Waals surface area contributed by atoms with Crippen LogP contribution in [0.15, 0.2) is 24.3 Å². The van der Waals surface area contributed by atoms with Gasteiger partial charge in [0.25, 0.3) is 0 Å². The fraction of sp³-hybridized carbons (Fsp3) is 0.417. The molecule has 0 bridgehead atoms. The number of nitrogen functional groups attached to an aromatic ring is 1. The lowest BCUT2D eigenvalue weighted by Gasteiger charge is -2.08. The molecule has 1 aromatic rings. The number of aliphatic hydroxyl groups is 1. The normalized spacial score (nSPS) is 12.1. The van der Waals surface area contributed by atoms with Crippen molar-refractivity contribution in [3.8, 4) is 0 Å². The molecule has 3 N–H and O–H groups in total. The fourth-order valence-electron chi connectivity index (χ4n) is 1.19. The van der Waals surface area contributed by atoms with Crippen molar-refractivity contribution in [2.24, 2.45) is 0 Å². The Kier molecular flexibility index (Phi) is 4.79. The first-order valence-electron chi connectivity index (χ1n) is 5.34. The Bertz CT molecular complexity index is 335. The number of carbonyl (C=O) groups excluding carboxylic acids is 1. The van der Waals surface area contributed by atoms with Gasteiger partial charge >= 0.3 is 5.97 Å². The Morgan fingerprint density at radius 3 is 2.62 bits per heavy atom. The molecule has 4 heteroatoms. The molecule has 88 valence electrons. The zero-order valence-electron chi connectivity index (χ0n) is 9.35. The lowest BCUT2D eigenvalue weighted by atomic mass is 10.2. The van der Waals surface area contributed by atoms with Crippen molar-refractivity contribution in [2.45, 2.75) is 25.9 Å². The van der Waals surface area contributed by atoms with Crippen LogP contribution in [0.4, 0.5) is 5.69 Å². The monoisotopic (exact) mass is 223 g/mol. The summed E-state index contributed by atoms with van der Waals surface area (Å²) in [6.45, 7) is 2.12. The van der Waals surface area contributed by atoms with Gasteiger partial charge in [0.1, 0.15) is 0 Å². The van der Waals surface area contributed by atoms with Gasteiger partial charge in [0, 0.05) is 12.1 Å². The maximum Gasteiger partial charge on any atom is 0.338 e. The quantitative estimate of drug-likeness (QED) is 0.587. The molecule has 0 spiro atoms. The molecule has 0 aliphatic rings. The molecule has 0 saturated heterocycles. The molecule has 16 heavy (non-hydrogen) atoms. The summed E-state index contributed by atoms with van der Waals surface area (Å²) in [5.41, 5.74) is 6.58. The van der Waals surface area contributed by atoms with E-state index >= 15 is 0 Å². The summed E-state index contributed by atoms with van der Waals surface area (Å²) in [4.78, 5) is 11.5. The second kappa shape index (κ2) is 6.12. The average Bonchev–Trinajstić information content (AvgIpc) is 2.29. The smallest absolute Gasteiger partial charge is 0.338 e. The third kappa shape index (κ3) is 3.90. The minimum Gasteiger partial charge on any atom is -0.462 e. The third-order valence-electron chi connectivity index (χ3n) is 2.30. The first-order valence-corrected chi connectivity index (χ1v) is 5.34. The van der Waals surface area contributed by atoms with Crippen molar-refractivity contribution >= 4 is 11.7 Å². The van der Waals surface area contributed by atoms with E-state index in [9.17, 15) is 9.90 Å². The van der Waals surface area contributed by atoms with Gasteiger partial charge in [-0.05, 0) is 30.7 Å². The third-order valence-corrected chi connectivity index (χ3v) is 2.30. The number of ether oxygens (including phenoxy) is 1. The topological polar surface area (TPSA) is 72.5 Å². The molecular weight excluding hydrogens is 206 g/mol. The van der Waals surface area contributed by atoms with Crippen LogP contribution in [0.1, 0.15) is 30.1 Å². The molecule has 0 aliphatic heterocycles. The van der Waals surface area contributed by atoms with Crippen molar-refractivity contribution < 1.29 is 14.6 Å². The standard InChI is InChI=1S/C12H17NO3/c1-2-11(14)7-8-16-12(15)9-3-5-10(13)6-4-9/h3-6,11,14H,2,7-8,13H2,1H3. The highest BCUT2D eigenvalue weighted by Gasteiger charge is 2.07. The number of anilines is 1. The number of rotatable bonds is 5. The molecule has 0 radical (unpaired) electrons. The summed E-state index contributed by atoms with van der Waals surface area (Å²) in [5.74, 6) is -0.386. The molecule has 1 unspecified atom stereocenters. The van der Waals surface area contributed by atoms with Gasteiger partial charge in [-0.25, -0.2) is 4.79 Å². The van der Waals surface area contributed by atoms with Crippen LogP contribution in [0, 0.1) is 0 Å². The Morgan fingerprint density at radius 1 is 1.44 bits per heavy atom. The van der Waals surface area contributed by atoms with Crippen LogP contribution in [0.5, 0.6) is 0 Å². The van der Waals surface area contributed by atoms with Crippen LogP contribution in [0.2, 0.25) is 0 Å². The number of carbonyl (C=O) groups is 1. The molecule has 0 fully saturated rings. The van der Waals surface area contributed by atoms with Gasteiger partial charge in [-0.3, -0.25) is 0 Å². The van der Waals surface area contributed by atoms with Gasteiger partial charge in [0.2, 0.25) is 0 Å². The summed E-state index contributed by atoms with van der Waals surface area (Å²) in [6, 6.07) is 6.54. The molecule has 1 aromatic carbocycles. The van der Waals surface area contributed by atoms with Gasteiger partial charge < -0.3 is 15.6 Å². The van der Waals surface area contributed by atoms with E-state index in [4.69, 9.17) is 10.5 Å². The van der Waals surface area contributed by atoms with Crippen LogP contribution in [-0.2, 0) is 4.74 Å². The van der Waals surface area contributed by atoms with Crippen molar-refractivity contribution in [1.29, 1.82) is 0 Å². The number of esters is 1. The summed E-state index contributed by atoms with van der Waals surface area (Å²) in [7, 11) is 0. The number of hydrogen-bond acceptors (Lipinski definition) is 4. The zero-order valence-corrected chi connectivity index (χ0v) is 9.35. The molecule has 0 amide bonds. The van der Waals surface area contributed by atoms with E-state index < -0.39 is 6.10 Å². The highest BCUT2D eigenvalue weighted by Crippen LogP contribution is 2.07. The Hall–Kier alpha value is -1.55. The first-order chi connectivity index (χ1) is 7.63. The predicted octanol–water partition coefficient (Wildman–Crippen LogP) is 1.59. The fourth-order valence-corrected chi connectivity index (χ4v) is 1.19. The number of aliphatic hydroxyl groups excluding tert-OH is 1. The highest BCUT2D eigenvalue weighted by molar-refractivity contribution is 5.89. The van der Waals surface area contributed by atoms with Gasteiger partial charge in [-0.2, -0.15) is 0 Å². The van der Waals surface area contributed by atoms with Crippen molar-refractivity contribution in [1.82, 2.24) is 0 Å². The van der Waals surface area contributed by atoms with Gasteiger partial charge in [-0.15, -0.1) is 0 Å². The minimum atomic E-state index is -0.404. The van der Waals surface area contributed by atoms with E-state index in [0.717, 1.165) is 0 Å². The largest absolute Gasteiger partial charge is 0.462 e. The highest BCUT2D eigenvalue weighted by atomic mass is 16.5. The minimum absolute atomic E-state index is 0.234. The lowest BCUT2D eigenvalue weighted by Crippen LogP contribution is -2.12. The number of hydrogen-bond donors (Lipinski definition) is 2. The average molecular weight is 223 g/mol. The van der Waals surface area contributed by atoms with Crippen molar-refractivity contribution in [3.05, 3.63) is 29.8 Å². The molecule has 0 aromatic heterocycles. The molecule has 4 nitrogen and oxygen atoms in total. The van der Waals surface area contributed by atoms with E-state index in [1.807, 2.05) is 6.92 Å². The van der Waals surface area contributed by atoms with E-state index in [1.54, 1.807) is 24.3 Å². The lowest BCUT2D eigenvalue weighted by molar-refractivity contribution is 0.0428. The number of benzene rings is 1.